The van der Waals surface area contributed by atoms with E-state index < -0.39 is 17.9 Å². The lowest BCUT2D eigenvalue weighted by atomic mass is 9.84. The summed E-state index contributed by atoms with van der Waals surface area (Å²) in [6, 6.07) is 0. The van der Waals surface area contributed by atoms with Crippen molar-refractivity contribution < 1.29 is 19.1 Å². The maximum Gasteiger partial charge on any atom is 0.321 e. The number of rotatable bonds is 1. The van der Waals surface area contributed by atoms with Gasteiger partial charge in [-0.05, 0) is 25.3 Å². The monoisotopic (exact) mass is 224 g/mol. The van der Waals surface area contributed by atoms with Crippen molar-refractivity contribution in [1.29, 1.82) is 0 Å². The Morgan fingerprint density at radius 3 is 3.06 bits per heavy atom. The minimum atomic E-state index is -0.724. The van der Waals surface area contributed by atoms with Crippen LogP contribution in [-0.2, 0) is 19.1 Å². The highest BCUT2D eigenvalue weighted by Gasteiger charge is 2.48. The molecule has 0 aromatic heterocycles. The topological polar surface area (TPSA) is 52.6 Å². The second-order valence-corrected chi connectivity index (χ2v) is 4.28. The van der Waals surface area contributed by atoms with E-state index in [0.29, 0.717) is 0 Å². The Balaban J connectivity index is 2.20. The van der Waals surface area contributed by atoms with Gasteiger partial charge in [0.2, 0.25) is 0 Å². The summed E-state index contributed by atoms with van der Waals surface area (Å²) >= 11 is 0. The number of hydrogen-bond donors (Lipinski definition) is 0. The van der Waals surface area contributed by atoms with Gasteiger partial charge in [0.05, 0.1) is 7.11 Å². The molecule has 16 heavy (non-hydrogen) atoms. The summed E-state index contributed by atoms with van der Waals surface area (Å²) in [6.07, 6.45) is 7.69. The average molecular weight is 224 g/mol. The summed E-state index contributed by atoms with van der Waals surface area (Å²) < 4.78 is 9.87. The largest absolute Gasteiger partial charge is 0.468 e. The molecule has 4 nitrogen and oxygen atoms in total. The van der Waals surface area contributed by atoms with Gasteiger partial charge in [0.25, 0.3) is 0 Å². The van der Waals surface area contributed by atoms with Crippen LogP contribution in [0.2, 0.25) is 0 Å². The lowest BCUT2D eigenvalue weighted by Crippen LogP contribution is -2.28. The first-order valence-electron chi connectivity index (χ1n) is 5.69. The van der Waals surface area contributed by atoms with Gasteiger partial charge in [-0.2, -0.15) is 0 Å². The summed E-state index contributed by atoms with van der Waals surface area (Å²) in [5.74, 6) is -1.67. The van der Waals surface area contributed by atoms with E-state index in [1.807, 2.05) is 12.2 Å². The first-order chi connectivity index (χ1) is 7.74. The quantitative estimate of drug-likeness (QED) is 0.384. The number of allylic oxidation sites excluding steroid dienone is 1. The minimum absolute atomic E-state index is 0.0449. The number of carbonyl (C=O) groups excluding carboxylic acids is 2. The molecule has 2 aliphatic rings. The molecule has 3 atom stereocenters. The van der Waals surface area contributed by atoms with Crippen molar-refractivity contribution in [2.45, 2.75) is 31.8 Å². The van der Waals surface area contributed by atoms with Gasteiger partial charge in [-0.1, -0.05) is 12.5 Å². The molecule has 0 aromatic rings. The lowest BCUT2D eigenvalue weighted by Gasteiger charge is -2.18. The molecule has 0 N–H and O–H groups in total. The van der Waals surface area contributed by atoms with Crippen molar-refractivity contribution in [1.82, 2.24) is 0 Å². The molecule has 1 aliphatic heterocycles. The van der Waals surface area contributed by atoms with Crippen LogP contribution >= 0.6 is 0 Å². The maximum atomic E-state index is 11.6. The van der Waals surface area contributed by atoms with E-state index in [9.17, 15) is 9.59 Å². The minimum Gasteiger partial charge on any atom is -0.468 e. The molecular weight excluding hydrogens is 208 g/mol. The van der Waals surface area contributed by atoms with Crippen LogP contribution in [0.25, 0.3) is 0 Å². The van der Waals surface area contributed by atoms with Gasteiger partial charge in [-0.3, -0.25) is 9.59 Å². The number of carbonyl (C=O) groups is 2. The molecule has 0 radical (unpaired) electrons. The predicted octanol–water partition coefficient (Wildman–Crippen LogP) is 1.45. The van der Waals surface area contributed by atoms with Crippen LogP contribution in [0.3, 0.4) is 0 Å². The van der Waals surface area contributed by atoms with Crippen molar-refractivity contribution in [3.63, 3.8) is 0 Å². The molecule has 0 spiro atoms. The molecule has 0 amide bonds. The van der Waals surface area contributed by atoms with E-state index >= 15 is 0 Å². The second kappa shape index (κ2) is 4.68. The fourth-order valence-corrected chi connectivity index (χ4v) is 2.44. The Bertz CT molecular complexity index is 321. The van der Waals surface area contributed by atoms with Crippen LogP contribution in [0, 0.1) is 11.8 Å². The summed E-state index contributed by atoms with van der Waals surface area (Å²) in [5, 5.41) is 0. The van der Waals surface area contributed by atoms with Crippen LogP contribution in [0.15, 0.2) is 12.2 Å². The molecule has 1 heterocycles. The fourth-order valence-electron chi connectivity index (χ4n) is 2.44. The Morgan fingerprint density at radius 1 is 1.50 bits per heavy atom. The van der Waals surface area contributed by atoms with E-state index in [2.05, 4.69) is 4.74 Å². The first kappa shape index (κ1) is 11.2. The van der Waals surface area contributed by atoms with Crippen LogP contribution in [0.5, 0.6) is 0 Å². The molecule has 0 bridgehead atoms. The molecular formula is C12H16O4. The average Bonchev–Trinajstić information content (AvgIpc) is 2.54. The zero-order chi connectivity index (χ0) is 11.5. The lowest BCUT2D eigenvalue weighted by molar-refractivity contribution is -0.155. The normalized spacial score (nSPS) is 35.6. The number of fused-ring (bicyclic) bond motifs is 1. The van der Waals surface area contributed by atoms with Gasteiger partial charge in [-0.15, -0.1) is 0 Å². The van der Waals surface area contributed by atoms with Gasteiger partial charge in [0, 0.05) is 5.92 Å². The van der Waals surface area contributed by atoms with Crippen molar-refractivity contribution in [3.8, 4) is 0 Å². The maximum absolute atomic E-state index is 11.6. The van der Waals surface area contributed by atoms with Gasteiger partial charge in [0.1, 0.15) is 6.10 Å². The Hall–Kier alpha value is -1.32. The highest BCUT2D eigenvalue weighted by atomic mass is 16.6. The number of ether oxygens (including phenoxy) is 2. The summed E-state index contributed by atoms with van der Waals surface area (Å²) in [4.78, 5) is 23.1. The van der Waals surface area contributed by atoms with E-state index in [4.69, 9.17) is 4.74 Å². The van der Waals surface area contributed by atoms with Crippen LogP contribution in [0.1, 0.15) is 25.7 Å². The number of methoxy groups -OCH3 is 1. The van der Waals surface area contributed by atoms with E-state index in [-0.39, 0.29) is 12.0 Å². The zero-order valence-electron chi connectivity index (χ0n) is 9.35. The van der Waals surface area contributed by atoms with E-state index in [1.165, 1.54) is 7.11 Å². The molecule has 1 fully saturated rings. The molecule has 2 rings (SSSR count). The number of hydrogen-bond acceptors (Lipinski definition) is 4. The SMILES string of the molecule is COC(=O)[C@@H]1C(=O)O[C@H]2/C=C\CCCC[C@H]12. The second-order valence-electron chi connectivity index (χ2n) is 4.28. The van der Waals surface area contributed by atoms with Gasteiger partial charge >= 0.3 is 11.9 Å². The molecule has 88 valence electrons. The Labute approximate surface area is 94.6 Å². The Morgan fingerprint density at radius 2 is 2.31 bits per heavy atom. The highest BCUT2D eigenvalue weighted by molar-refractivity contribution is 5.96. The molecule has 0 aromatic carbocycles. The predicted molar refractivity (Wildman–Crippen MR) is 56.5 cm³/mol. The smallest absolute Gasteiger partial charge is 0.321 e. The number of esters is 2. The summed E-state index contributed by atoms with van der Waals surface area (Å²) in [5.41, 5.74) is 0. The third kappa shape index (κ3) is 1.96. The van der Waals surface area contributed by atoms with Crippen LogP contribution in [-0.4, -0.2) is 25.2 Å². The molecule has 0 unspecified atom stereocenters. The third-order valence-corrected chi connectivity index (χ3v) is 3.30. The van der Waals surface area contributed by atoms with Crippen molar-refractivity contribution >= 4 is 11.9 Å². The van der Waals surface area contributed by atoms with Crippen LogP contribution in [0.4, 0.5) is 0 Å². The van der Waals surface area contributed by atoms with E-state index in [1.54, 1.807) is 0 Å². The highest BCUT2D eigenvalue weighted by Crippen LogP contribution is 2.35. The third-order valence-electron chi connectivity index (χ3n) is 3.30. The van der Waals surface area contributed by atoms with Crippen molar-refractivity contribution in [2.75, 3.05) is 7.11 Å². The zero-order valence-corrected chi connectivity index (χ0v) is 9.35. The van der Waals surface area contributed by atoms with Gasteiger partial charge in [0.15, 0.2) is 5.92 Å². The molecule has 4 heteroatoms. The van der Waals surface area contributed by atoms with Crippen molar-refractivity contribution in [2.24, 2.45) is 11.8 Å². The fraction of sp³-hybridized carbons (Fsp3) is 0.667. The molecule has 1 aliphatic carbocycles. The Kier molecular flexibility index (Phi) is 3.27. The molecule has 0 saturated carbocycles. The molecule has 1 saturated heterocycles. The van der Waals surface area contributed by atoms with Crippen LogP contribution < -0.4 is 0 Å². The standard InChI is InChI=1S/C12H16O4/c1-15-11(13)10-8-6-4-2-3-5-7-9(8)16-12(10)14/h5,7-10H,2-4,6H2,1H3/b7-5-/t8-,9-,10+/m0/s1. The summed E-state index contributed by atoms with van der Waals surface area (Å²) in [6.45, 7) is 0. The summed E-state index contributed by atoms with van der Waals surface area (Å²) in [7, 11) is 1.31. The van der Waals surface area contributed by atoms with Gasteiger partial charge in [-0.25, -0.2) is 0 Å². The van der Waals surface area contributed by atoms with E-state index in [0.717, 1.165) is 25.7 Å². The first-order valence-corrected chi connectivity index (χ1v) is 5.69. The van der Waals surface area contributed by atoms with Gasteiger partial charge < -0.3 is 9.47 Å². The van der Waals surface area contributed by atoms with Crippen molar-refractivity contribution in [3.05, 3.63) is 12.2 Å².